The molecule has 1 fully saturated rings. The Bertz CT molecular complexity index is 230. The Labute approximate surface area is 104 Å². The second-order valence-electron chi connectivity index (χ2n) is 4.87. The number of nitrogens with zero attached hydrogens (tertiary/aromatic N) is 2. The summed E-state index contributed by atoms with van der Waals surface area (Å²) in [4.78, 5) is 5.24. The van der Waals surface area contributed by atoms with Crippen LogP contribution in [0.4, 0.5) is 0 Å². The number of allylic oxidation sites excluding steroid dienone is 1. The van der Waals surface area contributed by atoms with E-state index in [0.717, 1.165) is 0 Å². The van der Waals surface area contributed by atoms with Gasteiger partial charge < -0.3 is 0 Å². The molecule has 2 nitrogen and oxygen atoms in total. The maximum Gasteiger partial charge on any atom is 0.0527 e. The predicted octanol–water partition coefficient (Wildman–Crippen LogP) is 3.12. The molecule has 16 heavy (non-hydrogen) atoms. The smallest absolute Gasteiger partial charge is 0.0527 e. The van der Waals surface area contributed by atoms with Gasteiger partial charge in [0.1, 0.15) is 0 Å². The van der Waals surface area contributed by atoms with Crippen LogP contribution in [0.25, 0.3) is 0 Å². The van der Waals surface area contributed by atoms with Crippen molar-refractivity contribution in [2.75, 3.05) is 25.0 Å². The van der Waals surface area contributed by atoms with E-state index < -0.39 is 0 Å². The van der Waals surface area contributed by atoms with Gasteiger partial charge in [-0.25, -0.2) is 0 Å². The van der Waals surface area contributed by atoms with Crippen molar-refractivity contribution in [3.63, 3.8) is 0 Å². The Morgan fingerprint density at radius 3 is 3.06 bits per heavy atom. The molecule has 1 saturated heterocycles. The van der Waals surface area contributed by atoms with Crippen molar-refractivity contribution >= 4 is 11.8 Å². The van der Waals surface area contributed by atoms with Gasteiger partial charge in [-0.05, 0) is 25.7 Å². The lowest BCUT2D eigenvalue weighted by atomic mass is 10.0. The van der Waals surface area contributed by atoms with Crippen LogP contribution in [-0.4, -0.2) is 40.8 Å². The highest BCUT2D eigenvalue weighted by Gasteiger charge is 2.23. The van der Waals surface area contributed by atoms with Gasteiger partial charge in [0.25, 0.3) is 0 Å². The normalized spacial score (nSPS) is 28.4. The molecule has 1 aliphatic heterocycles. The average molecular weight is 240 g/mol. The highest BCUT2D eigenvalue weighted by atomic mass is 32.2. The predicted molar refractivity (Wildman–Crippen MR) is 72.4 cm³/mol. The molecule has 0 bridgehead atoms. The number of thioether (sulfide) groups is 1. The minimum atomic E-state index is 0.714. The van der Waals surface area contributed by atoms with Crippen molar-refractivity contribution in [3.8, 4) is 0 Å². The standard InChI is InChI=1S/C13H24N2S/c1-2-3-9-14-10-15(12-16-11-14)13-7-5-4-6-8-13/h5,7,13H,2-4,6,8-12H2,1H3. The zero-order chi connectivity index (χ0) is 11.2. The average Bonchev–Trinajstić information content (AvgIpc) is 2.38. The fourth-order valence-corrected chi connectivity index (χ4v) is 3.50. The number of hydrogen-bond acceptors (Lipinski definition) is 3. The van der Waals surface area contributed by atoms with Gasteiger partial charge in [-0.2, -0.15) is 0 Å². The van der Waals surface area contributed by atoms with E-state index in [1.54, 1.807) is 0 Å². The van der Waals surface area contributed by atoms with E-state index >= 15 is 0 Å². The monoisotopic (exact) mass is 240 g/mol. The summed E-state index contributed by atoms with van der Waals surface area (Å²) in [6.07, 6.45) is 11.5. The van der Waals surface area contributed by atoms with Crippen molar-refractivity contribution in [2.24, 2.45) is 0 Å². The van der Waals surface area contributed by atoms with E-state index in [1.165, 1.54) is 57.1 Å². The molecule has 0 N–H and O–H groups in total. The molecule has 1 atom stereocenters. The van der Waals surface area contributed by atoms with Crippen molar-refractivity contribution < 1.29 is 0 Å². The Morgan fingerprint density at radius 2 is 2.31 bits per heavy atom. The number of rotatable bonds is 4. The first-order valence-corrected chi connectivity index (χ1v) is 7.76. The second-order valence-corrected chi connectivity index (χ2v) is 5.79. The lowest BCUT2D eigenvalue weighted by Gasteiger charge is -2.39. The molecule has 1 heterocycles. The summed E-state index contributed by atoms with van der Waals surface area (Å²) < 4.78 is 0. The van der Waals surface area contributed by atoms with Gasteiger partial charge in [0.05, 0.1) is 6.67 Å². The van der Waals surface area contributed by atoms with Crippen molar-refractivity contribution in [3.05, 3.63) is 12.2 Å². The van der Waals surface area contributed by atoms with Crippen LogP contribution in [0.2, 0.25) is 0 Å². The molecule has 0 amide bonds. The van der Waals surface area contributed by atoms with Crippen LogP contribution >= 0.6 is 11.8 Å². The van der Waals surface area contributed by atoms with Crippen molar-refractivity contribution in [1.29, 1.82) is 0 Å². The van der Waals surface area contributed by atoms with Gasteiger partial charge in [0.2, 0.25) is 0 Å². The van der Waals surface area contributed by atoms with E-state index in [2.05, 4.69) is 40.6 Å². The zero-order valence-electron chi connectivity index (χ0n) is 10.4. The molecule has 1 aliphatic carbocycles. The van der Waals surface area contributed by atoms with Crippen LogP contribution in [0.3, 0.4) is 0 Å². The molecule has 0 aromatic carbocycles. The molecule has 92 valence electrons. The molecule has 2 rings (SSSR count). The van der Waals surface area contributed by atoms with E-state index in [4.69, 9.17) is 0 Å². The van der Waals surface area contributed by atoms with Gasteiger partial charge in [-0.15, -0.1) is 11.8 Å². The zero-order valence-corrected chi connectivity index (χ0v) is 11.2. The molecule has 0 aromatic rings. The van der Waals surface area contributed by atoms with Crippen LogP contribution in [0.15, 0.2) is 12.2 Å². The van der Waals surface area contributed by atoms with Crippen LogP contribution < -0.4 is 0 Å². The first kappa shape index (κ1) is 12.5. The van der Waals surface area contributed by atoms with E-state index in [0.29, 0.717) is 6.04 Å². The molecular formula is C13H24N2S. The summed E-state index contributed by atoms with van der Waals surface area (Å²) in [7, 11) is 0. The third kappa shape index (κ3) is 3.51. The molecule has 0 aromatic heterocycles. The molecule has 0 spiro atoms. The molecule has 0 radical (unpaired) electrons. The Balaban J connectivity index is 1.81. The quantitative estimate of drug-likeness (QED) is 0.697. The SMILES string of the molecule is CCCCN1CSCN(C2C=CCCC2)C1. The molecule has 3 heteroatoms. The van der Waals surface area contributed by atoms with Crippen molar-refractivity contribution in [1.82, 2.24) is 9.80 Å². The Hall–Kier alpha value is 0.0100. The Morgan fingerprint density at radius 1 is 1.38 bits per heavy atom. The van der Waals surface area contributed by atoms with Gasteiger partial charge in [0.15, 0.2) is 0 Å². The van der Waals surface area contributed by atoms with Crippen LogP contribution in [-0.2, 0) is 0 Å². The maximum absolute atomic E-state index is 2.64. The number of hydrogen-bond donors (Lipinski definition) is 0. The summed E-state index contributed by atoms with van der Waals surface area (Å²) in [6.45, 7) is 4.73. The Kier molecular flexibility index (Phi) is 5.20. The van der Waals surface area contributed by atoms with Crippen LogP contribution in [0.5, 0.6) is 0 Å². The van der Waals surface area contributed by atoms with E-state index in [1.807, 2.05) is 0 Å². The molecule has 0 saturated carbocycles. The fraction of sp³-hybridized carbons (Fsp3) is 0.846. The summed E-state index contributed by atoms with van der Waals surface area (Å²) in [6, 6.07) is 0.714. The van der Waals surface area contributed by atoms with Crippen LogP contribution in [0.1, 0.15) is 39.0 Å². The van der Waals surface area contributed by atoms with Gasteiger partial charge in [0, 0.05) is 24.3 Å². The third-order valence-corrected chi connectivity index (χ3v) is 4.50. The summed E-state index contributed by atoms with van der Waals surface area (Å²) in [5, 5.41) is 0. The van der Waals surface area contributed by atoms with Gasteiger partial charge in [-0.3, -0.25) is 9.80 Å². The topological polar surface area (TPSA) is 6.48 Å². The first-order chi connectivity index (χ1) is 7.90. The lowest BCUT2D eigenvalue weighted by molar-refractivity contribution is 0.126. The van der Waals surface area contributed by atoms with Gasteiger partial charge in [-0.1, -0.05) is 25.5 Å². The highest BCUT2D eigenvalue weighted by Crippen LogP contribution is 2.23. The third-order valence-electron chi connectivity index (χ3n) is 3.44. The first-order valence-electron chi connectivity index (χ1n) is 6.61. The van der Waals surface area contributed by atoms with E-state index in [-0.39, 0.29) is 0 Å². The van der Waals surface area contributed by atoms with Gasteiger partial charge >= 0.3 is 0 Å². The molecule has 1 unspecified atom stereocenters. The van der Waals surface area contributed by atoms with Crippen molar-refractivity contribution in [2.45, 2.75) is 45.1 Å². The summed E-state index contributed by atoms with van der Waals surface area (Å²) in [5.41, 5.74) is 0. The summed E-state index contributed by atoms with van der Waals surface area (Å²) >= 11 is 2.07. The molecular weight excluding hydrogens is 216 g/mol. The van der Waals surface area contributed by atoms with Crippen LogP contribution in [0, 0.1) is 0 Å². The lowest BCUT2D eigenvalue weighted by Crippen LogP contribution is -2.47. The summed E-state index contributed by atoms with van der Waals surface area (Å²) in [5.74, 6) is 2.45. The maximum atomic E-state index is 2.64. The highest BCUT2D eigenvalue weighted by molar-refractivity contribution is 7.99. The molecule has 2 aliphatic rings. The minimum Gasteiger partial charge on any atom is -0.281 e. The fourth-order valence-electron chi connectivity index (χ4n) is 2.44. The van der Waals surface area contributed by atoms with E-state index in [9.17, 15) is 0 Å². The minimum absolute atomic E-state index is 0.714. The largest absolute Gasteiger partial charge is 0.281 e. The second kappa shape index (κ2) is 6.67. The number of unbranched alkanes of at least 4 members (excludes halogenated alkanes) is 1.